The van der Waals surface area contributed by atoms with E-state index in [1.807, 2.05) is 12.1 Å². The summed E-state index contributed by atoms with van der Waals surface area (Å²) in [6, 6.07) is 7.39. The van der Waals surface area contributed by atoms with Gasteiger partial charge in [-0.1, -0.05) is 11.6 Å². The van der Waals surface area contributed by atoms with Crippen LogP contribution < -0.4 is 5.73 Å². The summed E-state index contributed by atoms with van der Waals surface area (Å²) in [5.74, 6) is -0.159. The van der Waals surface area contributed by atoms with Crippen LogP contribution >= 0.6 is 22.9 Å². The van der Waals surface area contributed by atoms with Crippen molar-refractivity contribution in [1.82, 2.24) is 4.90 Å². The van der Waals surface area contributed by atoms with E-state index in [0.717, 1.165) is 10.1 Å². The van der Waals surface area contributed by atoms with Crippen molar-refractivity contribution in [1.29, 1.82) is 5.26 Å². The first kappa shape index (κ1) is 14.1. The van der Waals surface area contributed by atoms with Crippen LogP contribution in [0.5, 0.6) is 0 Å². The third-order valence-corrected chi connectivity index (χ3v) is 4.77. The van der Waals surface area contributed by atoms with E-state index in [4.69, 9.17) is 27.3 Å². The molecule has 1 aliphatic heterocycles. The van der Waals surface area contributed by atoms with Crippen LogP contribution in [0.4, 0.5) is 5.69 Å². The van der Waals surface area contributed by atoms with Gasteiger partial charge >= 0.3 is 0 Å². The fraction of sp³-hybridized carbons (Fsp3) is 0.286. The number of rotatable bonds is 1. The zero-order chi connectivity index (χ0) is 15.0. The van der Waals surface area contributed by atoms with Gasteiger partial charge in [0.1, 0.15) is 4.88 Å². The Morgan fingerprint density at radius 1 is 1.57 bits per heavy atom. The van der Waals surface area contributed by atoms with E-state index in [1.165, 1.54) is 11.3 Å². The third-order valence-electron chi connectivity index (χ3n) is 3.38. The highest BCUT2D eigenvalue weighted by Crippen LogP contribution is 2.36. The second-order valence-electron chi connectivity index (χ2n) is 4.73. The van der Waals surface area contributed by atoms with Crippen LogP contribution in [-0.2, 0) is 4.74 Å². The topological polar surface area (TPSA) is 79.4 Å². The SMILES string of the molecule is N#CC1CN(C(=O)c2sc3cc(Cl)ccc3c2N)CCO1. The third kappa shape index (κ3) is 2.56. The number of nitriles is 1. The Morgan fingerprint density at radius 3 is 3.14 bits per heavy atom. The van der Waals surface area contributed by atoms with Crippen LogP contribution in [-0.4, -0.2) is 36.6 Å². The summed E-state index contributed by atoms with van der Waals surface area (Å²) in [5.41, 5.74) is 6.56. The van der Waals surface area contributed by atoms with Crippen molar-refractivity contribution < 1.29 is 9.53 Å². The van der Waals surface area contributed by atoms with Crippen LogP contribution in [0.25, 0.3) is 10.1 Å². The molecule has 0 spiro atoms. The van der Waals surface area contributed by atoms with Gasteiger partial charge in [0, 0.05) is 21.7 Å². The van der Waals surface area contributed by atoms with Gasteiger partial charge in [-0.25, -0.2) is 0 Å². The van der Waals surface area contributed by atoms with E-state index in [0.29, 0.717) is 28.7 Å². The molecule has 1 atom stereocenters. The molecule has 1 fully saturated rings. The Bertz CT molecular complexity index is 752. The molecular weight excluding hydrogens is 310 g/mol. The minimum absolute atomic E-state index is 0.159. The molecule has 0 saturated carbocycles. The van der Waals surface area contributed by atoms with Crippen LogP contribution in [0.15, 0.2) is 18.2 Å². The highest BCUT2D eigenvalue weighted by Gasteiger charge is 2.27. The second-order valence-corrected chi connectivity index (χ2v) is 6.21. The quantitative estimate of drug-likeness (QED) is 0.875. The minimum Gasteiger partial charge on any atom is -0.397 e. The summed E-state index contributed by atoms with van der Waals surface area (Å²) in [6.07, 6.45) is -0.576. The second kappa shape index (κ2) is 5.53. The number of nitrogen functional groups attached to an aromatic ring is 1. The standard InChI is InChI=1S/C14H12ClN3O2S/c15-8-1-2-10-11(5-8)21-13(12(10)17)14(19)18-3-4-20-9(6-16)7-18/h1-2,5,9H,3-4,7,17H2. The molecule has 1 saturated heterocycles. The molecule has 108 valence electrons. The van der Waals surface area contributed by atoms with Gasteiger partial charge in [0.05, 0.1) is 24.9 Å². The number of carbonyl (C=O) groups excluding carboxylic acids is 1. The van der Waals surface area contributed by atoms with Crippen molar-refractivity contribution >= 4 is 44.6 Å². The number of nitrogens with two attached hydrogens (primary N) is 1. The van der Waals surface area contributed by atoms with Gasteiger partial charge < -0.3 is 15.4 Å². The molecule has 2 aromatic rings. The molecule has 0 bridgehead atoms. The lowest BCUT2D eigenvalue weighted by Crippen LogP contribution is -2.45. The molecule has 3 rings (SSSR count). The van der Waals surface area contributed by atoms with Gasteiger partial charge in [-0.05, 0) is 18.2 Å². The van der Waals surface area contributed by atoms with Crippen molar-refractivity contribution in [2.45, 2.75) is 6.10 Å². The Balaban J connectivity index is 1.94. The molecule has 2 heterocycles. The molecule has 0 aliphatic carbocycles. The Hall–Kier alpha value is -1.81. The number of fused-ring (bicyclic) bond motifs is 1. The minimum atomic E-state index is -0.576. The van der Waals surface area contributed by atoms with Crippen LogP contribution in [0.2, 0.25) is 5.02 Å². The number of nitrogens with zero attached hydrogens (tertiary/aromatic N) is 2. The van der Waals surface area contributed by atoms with Gasteiger partial charge in [0.25, 0.3) is 5.91 Å². The number of halogens is 1. The van der Waals surface area contributed by atoms with Crippen LogP contribution in [0, 0.1) is 11.3 Å². The van der Waals surface area contributed by atoms with E-state index in [-0.39, 0.29) is 12.5 Å². The fourth-order valence-corrected chi connectivity index (χ4v) is 3.67. The van der Waals surface area contributed by atoms with Crippen molar-refractivity contribution in [3.8, 4) is 6.07 Å². The van der Waals surface area contributed by atoms with Gasteiger partial charge in [-0.2, -0.15) is 5.26 Å². The molecule has 1 unspecified atom stereocenters. The molecule has 5 nitrogen and oxygen atoms in total. The maximum absolute atomic E-state index is 12.6. The lowest BCUT2D eigenvalue weighted by Gasteiger charge is -2.29. The molecule has 2 N–H and O–H groups in total. The molecule has 1 aliphatic rings. The van der Waals surface area contributed by atoms with Gasteiger partial charge in [-0.3, -0.25) is 4.79 Å². The van der Waals surface area contributed by atoms with Crippen molar-refractivity contribution in [3.05, 3.63) is 28.1 Å². The lowest BCUT2D eigenvalue weighted by atomic mass is 10.2. The number of benzene rings is 1. The summed E-state index contributed by atoms with van der Waals surface area (Å²) in [7, 11) is 0. The largest absolute Gasteiger partial charge is 0.397 e. The predicted molar refractivity (Wildman–Crippen MR) is 82.5 cm³/mol. The van der Waals surface area contributed by atoms with Crippen molar-refractivity contribution in [2.75, 3.05) is 25.4 Å². The molecular formula is C14H12ClN3O2S. The van der Waals surface area contributed by atoms with E-state index in [1.54, 1.807) is 17.0 Å². The number of thiophene rings is 1. The number of anilines is 1. The molecule has 1 aromatic carbocycles. The summed E-state index contributed by atoms with van der Waals surface area (Å²) in [5, 5.41) is 10.4. The molecule has 7 heteroatoms. The van der Waals surface area contributed by atoms with E-state index >= 15 is 0 Å². The number of morpholine rings is 1. The fourth-order valence-electron chi connectivity index (χ4n) is 2.30. The number of carbonyl (C=O) groups is 1. The van der Waals surface area contributed by atoms with Crippen molar-refractivity contribution in [3.63, 3.8) is 0 Å². The zero-order valence-corrected chi connectivity index (χ0v) is 12.6. The van der Waals surface area contributed by atoms with E-state index < -0.39 is 6.10 Å². The summed E-state index contributed by atoms with van der Waals surface area (Å²) in [4.78, 5) is 14.7. The number of amides is 1. The smallest absolute Gasteiger partial charge is 0.266 e. The first-order valence-corrected chi connectivity index (χ1v) is 7.57. The predicted octanol–water partition coefficient (Wildman–Crippen LogP) is 2.50. The Morgan fingerprint density at radius 2 is 2.38 bits per heavy atom. The average Bonchev–Trinajstić information content (AvgIpc) is 2.83. The van der Waals surface area contributed by atoms with Gasteiger partial charge in [0.2, 0.25) is 0 Å². The van der Waals surface area contributed by atoms with E-state index in [9.17, 15) is 4.79 Å². The Kier molecular flexibility index (Phi) is 3.72. The summed E-state index contributed by atoms with van der Waals surface area (Å²) >= 11 is 7.29. The van der Waals surface area contributed by atoms with E-state index in [2.05, 4.69) is 0 Å². The number of hydrogen-bond donors (Lipinski definition) is 1. The van der Waals surface area contributed by atoms with Crippen LogP contribution in [0.3, 0.4) is 0 Å². The summed E-state index contributed by atoms with van der Waals surface area (Å²) in [6.45, 7) is 1.09. The first-order chi connectivity index (χ1) is 10.1. The first-order valence-electron chi connectivity index (χ1n) is 6.38. The van der Waals surface area contributed by atoms with Gasteiger partial charge in [0.15, 0.2) is 6.10 Å². The highest BCUT2D eigenvalue weighted by atomic mass is 35.5. The number of hydrogen-bond acceptors (Lipinski definition) is 5. The highest BCUT2D eigenvalue weighted by molar-refractivity contribution is 7.21. The normalized spacial score (nSPS) is 18.7. The average molecular weight is 322 g/mol. The molecule has 1 amide bonds. The lowest BCUT2D eigenvalue weighted by molar-refractivity contribution is 0.00374. The maximum Gasteiger partial charge on any atom is 0.266 e. The molecule has 1 aromatic heterocycles. The molecule has 21 heavy (non-hydrogen) atoms. The monoisotopic (exact) mass is 321 g/mol. The zero-order valence-electron chi connectivity index (χ0n) is 11.0. The number of ether oxygens (including phenoxy) is 1. The Labute approximate surface area is 130 Å². The van der Waals surface area contributed by atoms with Gasteiger partial charge in [-0.15, -0.1) is 11.3 Å². The van der Waals surface area contributed by atoms with Crippen molar-refractivity contribution in [2.24, 2.45) is 0 Å². The van der Waals surface area contributed by atoms with Crippen LogP contribution in [0.1, 0.15) is 9.67 Å². The maximum atomic E-state index is 12.6. The summed E-state index contributed by atoms with van der Waals surface area (Å²) < 4.78 is 6.13. The molecule has 0 radical (unpaired) electrons.